The van der Waals surface area contributed by atoms with Gasteiger partial charge in [0.1, 0.15) is 5.75 Å². The maximum Gasteiger partial charge on any atom is 0.261 e. The molecule has 1 aliphatic rings. The first-order valence-electron chi connectivity index (χ1n) is 11.6. The van der Waals surface area contributed by atoms with Crippen LogP contribution in [0.1, 0.15) is 23.2 Å². The van der Waals surface area contributed by atoms with Crippen LogP contribution in [-0.4, -0.2) is 45.7 Å². The molecule has 4 aromatic rings. The molecular weight excluding hydrogens is 534 g/mol. The summed E-state index contributed by atoms with van der Waals surface area (Å²) >= 11 is 7.53. The monoisotopic (exact) mass is 557 g/mol. The molecule has 1 aliphatic heterocycles. The molecule has 1 N–H and O–H groups in total. The number of ether oxygens (including phenoxy) is 2. The average molecular weight is 558 g/mol. The van der Waals surface area contributed by atoms with Gasteiger partial charge in [-0.05, 0) is 79.6 Å². The number of carbonyl (C=O) groups excluding carboxylic acids is 1. The van der Waals surface area contributed by atoms with Gasteiger partial charge in [0, 0.05) is 22.9 Å². The second kappa shape index (κ2) is 10.7. The Balaban J connectivity index is 1.38. The summed E-state index contributed by atoms with van der Waals surface area (Å²) in [7, 11) is -2.29. The lowest BCUT2D eigenvalue weighted by atomic mass is 10.1. The summed E-state index contributed by atoms with van der Waals surface area (Å²) in [5, 5.41) is 1.16. The van der Waals surface area contributed by atoms with E-state index in [1.54, 1.807) is 47.4 Å². The van der Waals surface area contributed by atoms with Gasteiger partial charge in [-0.25, -0.2) is 13.4 Å². The lowest BCUT2D eigenvalue weighted by molar-refractivity contribution is 0.0917. The zero-order chi connectivity index (χ0) is 26.0. The van der Waals surface area contributed by atoms with Crippen molar-refractivity contribution in [3.63, 3.8) is 0 Å². The fourth-order valence-corrected chi connectivity index (χ4v) is 6.36. The molecule has 0 saturated carbocycles. The minimum absolute atomic E-state index is 0.0740. The van der Waals surface area contributed by atoms with Crippen LogP contribution in [-0.2, 0) is 14.8 Å². The van der Waals surface area contributed by atoms with Crippen molar-refractivity contribution in [2.75, 3.05) is 29.9 Å². The molecule has 1 aromatic heterocycles. The Labute approximate surface area is 223 Å². The molecule has 3 aromatic carbocycles. The summed E-state index contributed by atoms with van der Waals surface area (Å²) in [5.74, 6) is 0.316. The molecule has 0 aliphatic carbocycles. The van der Waals surface area contributed by atoms with Crippen LogP contribution < -0.4 is 14.4 Å². The van der Waals surface area contributed by atoms with Crippen molar-refractivity contribution in [1.82, 2.24) is 4.98 Å². The predicted octanol–water partition coefficient (Wildman–Crippen LogP) is 5.58. The van der Waals surface area contributed by atoms with Crippen LogP contribution in [0.25, 0.3) is 10.2 Å². The third kappa shape index (κ3) is 5.72. The lowest BCUT2D eigenvalue weighted by Crippen LogP contribution is -2.37. The Morgan fingerprint density at radius 2 is 1.92 bits per heavy atom. The molecule has 5 rings (SSSR count). The maximum atomic E-state index is 13.6. The third-order valence-electron chi connectivity index (χ3n) is 5.98. The minimum Gasteiger partial charge on any atom is -0.497 e. The maximum absolute atomic E-state index is 13.6. The lowest BCUT2D eigenvalue weighted by Gasteiger charge is -2.23. The fraction of sp³-hybridized carbons (Fsp3) is 0.231. The van der Waals surface area contributed by atoms with E-state index in [9.17, 15) is 13.2 Å². The number of sulfonamides is 1. The predicted molar refractivity (Wildman–Crippen MR) is 146 cm³/mol. The second-order valence-electron chi connectivity index (χ2n) is 8.52. The van der Waals surface area contributed by atoms with E-state index >= 15 is 0 Å². The zero-order valence-electron chi connectivity index (χ0n) is 19.9. The number of halogens is 1. The summed E-state index contributed by atoms with van der Waals surface area (Å²) in [6.07, 6.45) is 1.74. The van der Waals surface area contributed by atoms with Gasteiger partial charge in [0.15, 0.2) is 5.13 Å². The summed E-state index contributed by atoms with van der Waals surface area (Å²) in [4.78, 5) is 20.0. The van der Waals surface area contributed by atoms with Gasteiger partial charge in [-0.15, -0.1) is 0 Å². The number of hydrogen-bond acceptors (Lipinski definition) is 7. The molecule has 1 saturated heterocycles. The van der Waals surface area contributed by atoms with Gasteiger partial charge in [-0.2, -0.15) is 0 Å². The number of rotatable bonds is 8. The molecule has 1 atom stereocenters. The highest BCUT2D eigenvalue weighted by atomic mass is 35.5. The van der Waals surface area contributed by atoms with E-state index in [1.807, 2.05) is 12.1 Å². The molecule has 1 unspecified atom stereocenters. The summed E-state index contributed by atoms with van der Waals surface area (Å²) < 4.78 is 39.8. The fourth-order valence-electron chi connectivity index (χ4n) is 4.05. The number of nitrogens with zero attached hydrogens (tertiary/aromatic N) is 2. The number of benzene rings is 3. The Bertz CT molecular complexity index is 1520. The van der Waals surface area contributed by atoms with E-state index in [0.717, 1.165) is 23.1 Å². The first kappa shape index (κ1) is 25.5. The van der Waals surface area contributed by atoms with Crippen molar-refractivity contribution in [3.05, 3.63) is 77.3 Å². The number of hydrogen-bond donors (Lipinski definition) is 1. The van der Waals surface area contributed by atoms with E-state index < -0.39 is 10.0 Å². The largest absolute Gasteiger partial charge is 0.497 e. The van der Waals surface area contributed by atoms with Crippen LogP contribution in [0.3, 0.4) is 0 Å². The molecule has 192 valence electrons. The number of fused-ring (bicyclic) bond motifs is 1. The van der Waals surface area contributed by atoms with E-state index in [1.165, 1.54) is 30.6 Å². The number of thiazole rings is 1. The minimum atomic E-state index is -3.80. The van der Waals surface area contributed by atoms with Crippen molar-refractivity contribution < 1.29 is 22.7 Å². The number of anilines is 2. The normalized spacial score (nSPS) is 15.6. The van der Waals surface area contributed by atoms with Crippen LogP contribution in [0.2, 0.25) is 5.02 Å². The average Bonchev–Trinajstić information content (AvgIpc) is 3.56. The molecular formula is C26H24ClN3O5S2. The molecule has 0 spiro atoms. The van der Waals surface area contributed by atoms with Gasteiger partial charge < -0.3 is 9.47 Å². The highest BCUT2D eigenvalue weighted by molar-refractivity contribution is 7.92. The number of amides is 1. The third-order valence-corrected chi connectivity index (χ3v) is 8.65. The first-order chi connectivity index (χ1) is 17.8. The summed E-state index contributed by atoms with van der Waals surface area (Å²) in [6.45, 7) is 1.05. The van der Waals surface area contributed by atoms with Gasteiger partial charge in [0.05, 0.1) is 34.9 Å². The number of nitrogens with one attached hydrogen (secondary N) is 1. The van der Waals surface area contributed by atoms with Gasteiger partial charge >= 0.3 is 0 Å². The van der Waals surface area contributed by atoms with E-state index in [4.69, 9.17) is 21.1 Å². The Morgan fingerprint density at radius 3 is 2.59 bits per heavy atom. The molecule has 37 heavy (non-hydrogen) atoms. The van der Waals surface area contributed by atoms with Crippen molar-refractivity contribution in [3.8, 4) is 5.75 Å². The van der Waals surface area contributed by atoms with Crippen LogP contribution >= 0.6 is 22.9 Å². The van der Waals surface area contributed by atoms with E-state index in [0.29, 0.717) is 40.3 Å². The number of methoxy groups -OCH3 is 1. The second-order valence-corrected chi connectivity index (χ2v) is 11.6. The highest BCUT2D eigenvalue weighted by Crippen LogP contribution is 2.32. The molecule has 0 bridgehead atoms. The van der Waals surface area contributed by atoms with Gasteiger partial charge in [-0.1, -0.05) is 22.9 Å². The standard InChI is InChI=1S/C26H24ClN3O5S2/c1-34-20-9-11-22(12-10-20)37(32,33)29-19-7-4-17(5-8-19)25(31)30(16-21-3-2-14-35-21)26-28-23-13-6-18(27)15-24(23)36-26/h4-13,15,21,29H,2-3,14,16H2,1H3. The number of carbonyl (C=O) groups is 1. The topological polar surface area (TPSA) is 97.8 Å². The van der Waals surface area contributed by atoms with E-state index in [2.05, 4.69) is 9.71 Å². The van der Waals surface area contributed by atoms with Crippen LogP contribution in [0.4, 0.5) is 10.8 Å². The highest BCUT2D eigenvalue weighted by Gasteiger charge is 2.27. The Hall–Kier alpha value is -3.18. The zero-order valence-corrected chi connectivity index (χ0v) is 22.3. The smallest absolute Gasteiger partial charge is 0.261 e. The van der Waals surface area contributed by atoms with Crippen LogP contribution in [0.5, 0.6) is 5.75 Å². The van der Waals surface area contributed by atoms with Gasteiger partial charge in [-0.3, -0.25) is 14.4 Å². The van der Waals surface area contributed by atoms with Gasteiger partial charge in [0.25, 0.3) is 15.9 Å². The first-order valence-corrected chi connectivity index (χ1v) is 14.3. The Kier molecular flexibility index (Phi) is 7.34. The molecule has 11 heteroatoms. The SMILES string of the molecule is COc1ccc(S(=O)(=O)Nc2ccc(C(=O)N(CC3CCCO3)c3nc4ccc(Cl)cc4s3)cc2)cc1. The van der Waals surface area contributed by atoms with Crippen LogP contribution in [0.15, 0.2) is 71.6 Å². The number of aromatic nitrogens is 1. The van der Waals surface area contributed by atoms with Crippen LogP contribution in [0, 0.1) is 0 Å². The van der Waals surface area contributed by atoms with Crippen molar-refractivity contribution in [2.45, 2.75) is 23.8 Å². The molecule has 8 nitrogen and oxygen atoms in total. The van der Waals surface area contributed by atoms with Gasteiger partial charge in [0.2, 0.25) is 0 Å². The molecule has 2 heterocycles. The van der Waals surface area contributed by atoms with Crippen molar-refractivity contribution in [2.24, 2.45) is 0 Å². The molecule has 1 amide bonds. The summed E-state index contributed by atoms with van der Waals surface area (Å²) in [6, 6.07) is 17.8. The van der Waals surface area contributed by atoms with E-state index in [-0.39, 0.29) is 16.9 Å². The Morgan fingerprint density at radius 1 is 1.16 bits per heavy atom. The quantitative estimate of drug-likeness (QED) is 0.303. The molecule has 0 radical (unpaired) electrons. The van der Waals surface area contributed by atoms with Crippen molar-refractivity contribution >= 4 is 59.9 Å². The molecule has 1 fully saturated rings. The van der Waals surface area contributed by atoms with Crippen molar-refractivity contribution in [1.29, 1.82) is 0 Å². The summed E-state index contributed by atoms with van der Waals surface area (Å²) in [5.41, 5.74) is 1.51.